The molecule has 1 aliphatic rings. The molecule has 27 heavy (non-hydrogen) atoms. The Labute approximate surface area is 167 Å². The lowest BCUT2D eigenvalue weighted by Gasteiger charge is -2.13. The van der Waals surface area contributed by atoms with Crippen molar-refractivity contribution in [1.82, 2.24) is 0 Å². The maximum Gasteiger partial charge on any atom is 0.262 e. The highest BCUT2D eigenvalue weighted by Gasteiger charge is 2.17. The van der Waals surface area contributed by atoms with E-state index in [0.717, 1.165) is 28.4 Å². The molecule has 0 saturated heterocycles. The van der Waals surface area contributed by atoms with Crippen molar-refractivity contribution in [3.63, 3.8) is 0 Å². The summed E-state index contributed by atoms with van der Waals surface area (Å²) in [6, 6.07) is 16.4. The third-order valence-electron chi connectivity index (χ3n) is 5.13. The van der Waals surface area contributed by atoms with Crippen molar-refractivity contribution in [1.29, 1.82) is 0 Å². The zero-order chi connectivity index (χ0) is 19.0. The van der Waals surface area contributed by atoms with Crippen LogP contribution < -0.4 is 10.1 Å². The second-order valence-electron chi connectivity index (χ2n) is 7.29. The standard InChI is InChI=1S/C23H22BrNO2/c1-14(2)17-9-11-21(19(24)12-17)27-13-22(26)25-20-10-8-16-7-6-15-4-3-5-18(20)23(15)16/h3-5,8-12,14H,6-7,13H2,1-2H3,(H,25,26). The molecule has 3 aromatic carbocycles. The van der Waals surface area contributed by atoms with Crippen LogP contribution in [0.2, 0.25) is 0 Å². The number of amides is 1. The summed E-state index contributed by atoms with van der Waals surface area (Å²) in [7, 11) is 0. The lowest BCUT2D eigenvalue weighted by atomic mass is 10.0. The highest BCUT2D eigenvalue weighted by atomic mass is 79.9. The highest BCUT2D eigenvalue weighted by Crippen LogP contribution is 2.35. The smallest absolute Gasteiger partial charge is 0.262 e. The van der Waals surface area contributed by atoms with E-state index in [4.69, 9.17) is 4.74 Å². The molecule has 0 spiro atoms. The second-order valence-corrected chi connectivity index (χ2v) is 8.15. The quantitative estimate of drug-likeness (QED) is 0.559. The maximum atomic E-state index is 12.4. The maximum absolute atomic E-state index is 12.4. The lowest BCUT2D eigenvalue weighted by molar-refractivity contribution is -0.118. The topological polar surface area (TPSA) is 38.3 Å². The predicted octanol–water partition coefficient (Wildman–Crippen LogP) is 5.84. The average Bonchev–Trinajstić information content (AvgIpc) is 3.07. The van der Waals surface area contributed by atoms with Gasteiger partial charge in [0.2, 0.25) is 0 Å². The van der Waals surface area contributed by atoms with Gasteiger partial charge in [0.15, 0.2) is 6.61 Å². The van der Waals surface area contributed by atoms with Crippen molar-refractivity contribution in [2.24, 2.45) is 0 Å². The first-order chi connectivity index (χ1) is 13.0. The fourth-order valence-corrected chi connectivity index (χ4v) is 4.19. The van der Waals surface area contributed by atoms with Gasteiger partial charge < -0.3 is 10.1 Å². The average molecular weight is 424 g/mol. The third kappa shape index (κ3) is 3.59. The van der Waals surface area contributed by atoms with Crippen LogP contribution in [0.5, 0.6) is 5.75 Å². The van der Waals surface area contributed by atoms with Crippen LogP contribution in [0.3, 0.4) is 0 Å². The summed E-state index contributed by atoms with van der Waals surface area (Å²) in [5.41, 5.74) is 4.81. The van der Waals surface area contributed by atoms with Gasteiger partial charge in [0.25, 0.3) is 5.91 Å². The molecule has 0 unspecified atom stereocenters. The molecule has 0 aromatic heterocycles. The van der Waals surface area contributed by atoms with Gasteiger partial charge in [-0.25, -0.2) is 0 Å². The Morgan fingerprint density at radius 1 is 1.11 bits per heavy atom. The minimum absolute atomic E-state index is 0.0252. The number of rotatable bonds is 5. The number of hydrogen-bond donors (Lipinski definition) is 1. The van der Waals surface area contributed by atoms with E-state index in [2.05, 4.69) is 59.4 Å². The largest absolute Gasteiger partial charge is 0.483 e. The molecule has 0 radical (unpaired) electrons. The number of benzene rings is 3. The van der Waals surface area contributed by atoms with Crippen LogP contribution in [0.4, 0.5) is 5.69 Å². The molecule has 0 saturated carbocycles. The summed E-state index contributed by atoms with van der Waals surface area (Å²) in [5.74, 6) is 0.964. The molecule has 0 aliphatic heterocycles. The van der Waals surface area contributed by atoms with Crippen molar-refractivity contribution in [2.45, 2.75) is 32.6 Å². The molecular weight excluding hydrogens is 402 g/mol. The van der Waals surface area contributed by atoms with Crippen LogP contribution in [-0.4, -0.2) is 12.5 Å². The Bertz CT molecular complexity index is 1020. The molecule has 3 nitrogen and oxygen atoms in total. The molecule has 0 bridgehead atoms. The Balaban J connectivity index is 1.47. The summed E-state index contributed by atoms with van der Waals surface area (Å²) in [5, 5.41) is 5.41. The van der Waals surface area contributed by atoms with Gasteiger partial charge in [-0.05, 0) is 75.0 Å². The van der Waals surface area contributed by atoms with Crippen LogP contribution in [0, 0.1) is 0 Å². The molecule has 0 heterocycles. The zero-order valence-corrected chi connectivity index (χ0v) is 17.1. The summed E-state index contributed by atoms with van der Waals surface area (Å²) >= 11 is 3.53. The summed E-state index contributed by atoms with van der Waals surface area (Å²) in [6.45, 7) is 4.27. The van der Waals surface area contributed by atoms with Crippen molar-refractivity contribution in [3.8, 4) is 5.75 Å². The van der Waals surface area contributed by atoms with E-state index in [-0.39, 0.29) is 12.5 Å². The highest BCUT2D eigenvalue weighted by molar-refractivity contribution is 9.10. The molecule has 4 heteroatoms. The molecule has 1 N–H and O–H groups in total. The summed E-state index contributed by atoms with van der Waals surface area (Å²) < 4.78 is 6.59. The van der Waals surface area contributed by atoms with Crippen molar-refractivity contribution < 1.29 is 9.53 Å². The Morgan fingerprint density at radius 3 is 2.63 bits per heavy atom. The first-order valence-electron chi connectivity index (χ1n) is 9.28. The Hall–Kier alpha value is -2.33. The van der Waals surface area contributed by atoms with Gasteiger partial charge in [-0.15, -0.1) is 0 Å². The number of hydrogen-bond acceptors (Lipinski definition) is 2. The van der Waals surface area contributed by atoms with E-state index in [9.17, 15) is 4.79 Å². The number of anilines is 1. The second kappa shape index (κ2) is 7.35. The van der Waals surface area contributed by atoms with Crippen LogP contribution in [0.25, 0.3) is 10.8 Å². The Kier molecular flexibility index (Phi) is 4.92. The van der Waals surface area contributed by atoms with E-state index in [1.54, 1.807) is 0 Å². The van der Waals surface area contributed by atoms with E-state index < -0.39 is 0 Å². The molecule has 1 aliphatic carbocycles. The van der Waals surface area contributed by atoms with Gasteiger partial charge in [0.1, 0.15) is 5.75 Å². The first kappa shape index (κ1) is 18.1. The monoisotopic (exact) mass is 423 g/mol. The molecular formula is C23H22BrNO2. The van der Waals surface area contributed by atoms with Gasteiger partial charge in [-0.2, -0.15) is 0 Å². The van der Waals surface area contributed by atoms with Crippen LogP contribution >= 0.6 is 15.9 Å². The minimum Gasteiger partial charge on any atom is -0.483 e. The number of aryl methyl sites for hydroxylation is 2. The fourth-order valence-electron chi connectivity index (χ4n) is 3.68. The Morgan fingerprint density at radius 2 is 1.89 bits per heavy atom. The van der Waals surface area contributed by atoms with Crippen molar-refractivity contribution >= 4 is 38.3 Å². The van der Waals surface area contributed by atoms with Gasteiger partial charge >= 0.3 is 0 Å². The van der Waals surface area contributed by atoms with Crippen LogP contribution in [-0.2, 0) is 17.6 Å². The number of carbonyl (C=O) groups excluding carboxylic acids is 1. The molecule has 138 valence electrons. The number of halogens is 1. The minimum atomic E-state index is -0.159. The van der Waals surface area contributed by atoms with Gasteiger partial charge in [-0.1, -0.05) is 44.2 Å². The van der Waals surface area contributed by atoms with Crippen LogP contribution in [0.15, 0.2) is 53.0 Å². The number of ether oxygens (including phenoxy) is 1. The number of nitrogens with one attached hydrogen (secondary N) is 1. The number of carbonyl (C=O) groups is 1. The molecule has 3 aromatic rings. The van der Waals surface area contributed by atoms with Crippen molar-refractivity contribution in [2.75, 3.05) is 11.9 Å². The van der Waals surface area contributed by atoms with E-state index in [1.165, 1.54) is 22.1 Å². The first-order valence-corrected chi connectivity index (χ1v) is 10.1. The molecule has 0 fully saturated rings. The molecule has 0 atom stereocenters. The van der Waals surface area contributed by atoms with Crippen molar-refractivity contribution in [3.05, 3.63) is 69.7 Å². The van der Waals surface area contributed by atoms with Gasteiger partial charge in [0.05, 0.1) is 4.47 Å². The van der Waals surface area contributed by atoms with Gasteiger partial charge in [0, 0.05) is 11.1 Å². The summed E-state index contributed by atoms with van der Waals surface area (Å²) in [6.07, 6.45) is 2.15. The lowest BCUT2D eigenvalue weighted by Crippen LogP contribution is -2.20. The summed E-state index contributed by atoms with van der Waals surface area (Å²) in [4.78, 5) is 12.4. The van der Waals surface area contributed by atoms with Crippen LogP contribution in [0.1, 0.15) is 36.5 Å². The van der Waals surface area contributed by atoms with E-state index in [1.807, 2.05) is 24.3 Å². The third-order valence-corrected chi connectivity index (χ3v) is 5.75. The molecule has 4 rings (SSSR count). The zero-order valence-electron chi connectivity index (χ0n) is 15.5. The molecule has 1 amide bonds. The predicted molar refractivity (Wildman–Crippen MR) is 114 cm³/mol. The van der Waals surface area contributed by atoms with E-state index in [0.29, 0.717) is 11.7 Å². The normalized spacial score (nSPS) is 12.6. The van der Waals surface area contributed by atoms with E-state index >= 15 is 0 Å². The van der Waals surface area contributed by atoms with Gasteiger partial charge in [-0.3, -0.25) is 4.79 Å². The SMILES string of the molecule is CC(C)c1ccc(OCC(=O)Nc2ccc3c4c(cccc24)CC3)c(Br)c1. The fraction of sp³-hybridized carbons (Fsp3) is 0.261.